The number of hydrogen-bond donors (Lipinski definition) is 0. The van der Waals surface area contributed by atoms with Gasteiger partial charge in [0, 0.05) is 12.1 Å². The van der Waals surface area contributed by atoms with Crippen molar-refractivity contribution in [2.45, 2.75) is 87.3 Å². The highest BCUT2D eigenvalue weighted by molar-refractivity contribution is 6.21. The van der Waals surface area contributed by atoms with Crippen molar-refractivity contribution >= 4 is 17.9 Å². The Kier molecular flexibility index (Phi) is 13.6. The van der Waals surface area contributed by atoms with Crippen LogP contribution in [0.3, 0.4) is 0 Å². The fraction of sp³-hybridized carbons (Fsp3) is 0.304. The van der Waals surface area contributed by atoms with E-state index in [2.05, 4.69) is 0 Å². The molecular formula is C56H52N2O13. The van der Waals surface area contributed by atoms with Gasteiger partial charge in [0.2, 0.25) is 6.29 Å². The van der Waals surface area contributed by atoms with E-state index in [9.17, 15) is 14.4 Å². The molecule has 15 nitrogen and oxygen atoms in total. The van der Waals surface area contributed by atoms with Crippen LogP contribution in [0.5, 0.6) is 11.5 Å². The van der Waals surface area contributed by atoms with Gasteiger partial charge in [-0.2, -0.15) is 0 Å². The van der Waals surface area contributed by atoms with Crippen molar-refractivity contribution in [2.24, 2.45) is 0 Å². The molecule has 364 valence electrons. The molecule has 3 amide bonds. The molecule has 6 aromatic carbocycles. The summed E-state index contributed by atoms with van der Waals surface area (Å²) < 4.78 is 66.2. The number of amides is 3. The highest BCUT2D eigenvalue weighted by Gasteiger charge is 2.62. The minimum Gasteiger partial charge on any atom is -0.497 e. The van der Waals surface area contributed by atoms with Crippen LogP contribution < -0.4 is 9.47 Å². The first-order valence-electron chi connectivity index (χ1n) is 23.7. The van der Waals surface area contributed by atoms with E-state index in [-0.39, 0.29) is 44.1 Å². The van der Waals surface area contributed by atoms with Gasteiger partial charge in [-0.3, -0.25) is 19.4 Å². The first kappa shape index (κ1) is 46.4. The summed E-state index contributed by atoms with van der Waals surface area (Å²) in [6.07, 6.45) is -9.64. The Labute approximate surface area is 410 Å². The van der Waals surface area contributed by atoms with E-state index in [0.29, 0.717) is 11.5 Å². The number of ether oxygens (including phenoxy) is 10. The zero-order chi connectivity index (χ0) is 48.3. The summed E-state index contributed by atoms with van der Waals surface area (Å²) in [5, 5.41) is 0. The van der Waals surface area contributed by atoms with Crippen molar-refractivity contribution in [3.63, 3.8) is 0 Å². The summed E-state index contributed by atoms with van der Waals surface area (Å²) >= 11 is 0. The third-order valence-electron chi connectivity index (χ3n) is 13.4. The molecule has 5 aliphatic rings. The normalized spacial score (nSPS) is 27.9. The summed E-state index contributed by atoms with van der Waals surface area (Å²) in [5.41, 5.74) is 3.83. The Bertz CT molecular complexity index is 2740. The number of fused-ring (bicyclic) bond motifs is 4. The highest BCUT2D eigenvalue weighted by Crippen LogP contribution is 2.44. The average Bonchev–Trinajstić information content (AvgIpc) is 3.88. The summed E-state index contributed by atoms with van der Waals surface area (Å²) in [4.78, 5) is 46.5. The van der Waals surface area contributed by atoms with Gasteiger partial charge in [-0.25, -0.2) is 4.79 Å². The lowest BCUT2D eigenvalue weighted by atomic mass is 9.93. The van der Waals surface area contributed by atoms with Gasteiger partial charge in [-0.05, 0) is 53.1 Å². The van der Waals surface area contributed by atoms with Crippen LogP contribution in [0.15, 0.2) is 170 Å². The fourth-order valence-corrected chi connectivity index (χ4v) is 9.97. The number of carbonyl (C=O) groups excluding carboxylic acids is 3. The largest absolute Gasteiger partial charge is 0.497 e. The van der Waals surface area contributed by atoms with E-state index in [1.54, 1.807) is 60.5 Å². The van der Waals surface area contributed by atoms with Crippen molar-refractivity contribution in [1.29, 1.82) is 0 Å². The lowest BCUT2D eigenvalue weighted by Gasteiger charge is -2.51. The topological polar surface area (TPSA) is 150 Å². The van der Waals surface area contributed by atoms with Gasteiger partial charge in [0.05, 0.1) is 44.7 Å². The molecule has 15 heteroatoms. The number of hydrogen-bond acceptors (Lipinski definition) is 13. The number of imide groups is 1. The van der Waals surface area contributed by atoms with Crippen molar-refractivity contribution < 1.29 is 61.8 Å². The van der Waals surface area contributed by atoms with Gasteiger partial charge in [0.25, 0.3) is 11.8 Å². The second kappa shape index (κ2) is 20.8. The van der Waals surface area contributed by atoms with Crippen LogP contribution in [0.1, 0.15) is 49.3 Å². The minimum atomic E-state index is -1.33. The molecule has 5 aliphatic heterocycles. The maximum atomic E-state index is 14.7. The molecule has 0 aromatic heterocycles. The first-order chi connectivity index (χ1) is 34.9. The second-order valence-electron chi connectivity index (χ2n) is 17.9. The lowest BCUT2D eigenvalue weighted by Crippen LogP contribution is -2.70. The zero-order valence-corrected chi connectivity index (χ0v) is 38.8. The van der Waals surface area contributed by atoms with Crippen LogP contribution in [-0.4, -0.2) is 109 Å². The molecule has 0 aliphatic carbocycles. The molecule has 11 atom stereocenters. The second-order valence-corrected chi connectivity index (χ2v) is 17.9. The Morgan fingerprint density at radius 3 is 1.82 bits per heavy atom. The number of nitrogens with zero attached hydrogens (tertiary/aromatic N) is 2. The summed E-state index contributed by atoms with van der Waals surface area (Å²) in [6, 6.07) is 49.8. The molecule has 5 heterocycles. The molecule has 4 saturated heterocycles. The Morgan fingerprint density at radius 2 is 1.17 bits per heavy atom. The molecule has 1 unspecified atom stereocenters. The summed E-state index contributed by atoms with van der Waals surface area (Å²) in [7, 11) is 1.57. The predicted molar refractivity (Wildman–Crippen MR) is 254 cm³/mol. The number of rotatable bonds is 16. The van der Waals surface area contributed by atoms with E-state index in [1.807, 2.05) is 121 Å². The highest BCUT2D eigenvalue weighted by atomic mass is 16.8. The van der Waals surface area contributed by atoms with Crippen LogP contribution in [0, 0.1) is 0 Å². The predicted octanol–water partition coefficient (Wildman–Crippen LogP) is 7.88. The Hall–Kier alpha value is -6.95. The van der Waals surface area contributed by atoms with Crippen LogP contribution in [-0.2, 0) is 57.7 Å². The third kappa shape index (κ3) is 9.65. The van der Waals surface area contributed by atoms with Gasteiger partial charge < -0.3 is 47.4 Å². The van der Waals surface area contributed by atoms with Gasteiger partial charge in [-0.1, -0.05) is 133 Å². The lowest BCUT2D eigenvalue weighted by molar-refractivity contribution is -0.365. The fourth-order valence-electron chi connectivity index (χ4n) is 9.97. The van der Waals surface area contributed by atoms with E-state index >= 15 is 0 Å². The molecule has 0 N–H and O–H groups in total. The zero-order valence-electron chi connectivity index (χ0n) is 38.8. The maximum absolute atomic E-state index is 14.7. The van der Waals surface area contributed by atoms with Crippen LogP contribution in [0.4, 0.5) is 4.79 Å². The van der Waals surface area contributed by atoms with Gasteiger partial charge in [0.1, 0.15) is 54.1 Å². The molecule has 6 aromatic rings. The van der Waals surface area contributed by atoms with Crippen molar-refractivity contribution in [3.8, 4) is 11.5 Å². The molecule has 0 radical (unpaired) electrons. The van der Waals surface area contributed by atoms with E-state index in [1.165, 1.54) is 0 Å². The molecule has 0 bridgehead atoms. The van der Waals surface area contributed by atoms with Gasteiger partial charge >= 0.3 is 6.09 Å². The van der Waals surface area contributed by atoms with Gasteiger partial charge in [0.15, 0.2) is 18.7 Å². The SMILES string of the molecule is COc1ccc(O[C@H]2O[C@H](COCc3ccccc3)[C@@H](O[C@@H]3O[C@@H]4COC(c5ccccc5)O[C@H]4[C@@H]4OC(=O)N(Cc5ccccc5)[C@@H]34)[C@H](OCc3ccccc3)[C@H]2N2C(=O)c3ccccc3C2=O)cc1. The van der Waals surface area contributed by atoms with Crippen LogP contribution in [0.2, 0.25) is 0 Å². The van der Waals surface area contributed by atoms with E-state index < -0.39 is 85.5 Å². The van der Waals surface area contributed by atoms with Crippen LogP contribution in [0.25, 0.3) is 0 Å². The van der Waals surface area contributed by atoms with E-state index in [4.69, 9.17) is 47.4 Å². The first-order valence-corrected chi connectivity index (χ1v) is 23.7. The number of methoxy groups -OCH3 is 1. The average molecular weight is 961 g/mol. The van der Waals surface area contributed by atoms with Crippen molar-refractivity contribution in [3.05, 3.63) is 203 Å². The quantitative estimate of drug-likeness (QED) is 0.0867. The molecule has 4 fully saturated rings. The summed E-state index contributed by atoms with van der Waals surface area (Å²) in [6.45, 7) is 0.424. The summed E-state index contributed by atoms with van der Waals surface area (Å²) in [5.74, 6) is -0.148. The molecular weight excluding hydrogens is 909 g/mol. The number of benzene rings is 6. The van der Waals surface area contributed by atoms with E-state index in [0.717, 1.165) is 27.2 Å². The monoisotopic (exact) mass is 960 g/mol. The maximum Gasteiger partial charge on any atom is 0.411 e. The van der Waals surface area contributed by atoms with Crippen LogP contribution >= 0.6 is 0 Å². The van der Waals surface area contributed by atoms with Crippen molar-refractivity contribution in [2.75, 3.05) is 20.3 Å². The van der Waals surface area contributed by atoms with Gasteiger partial charge in [-0.15, -0.1) is 0 Å². The number of carbonyl (C=O) groups is 3. The molecule has 11 rings (SSSR count). The standard InChI is InChI=1S/C56H52N2O13/c1-62-39-26-28-40(29-27-39)66-55-46(58-51(59)41-24-14-15-25-42(41)52(58)60)49(64-32-37-20-10-4-11-21-37)47(43(67-55)33-63-31-36-18-8-3-9-19-36)70-54-45-50(71-56(61)57(45)30-35-16-6-2-7-17-35)48-44(68-54)34-65-53(69-48)38-22-12-5-13-23-38/h2-29,43-50,53-55H,30-34H2,1H3/t43-,44-,45-,46-,47-,48-,49-,50-,53?,54+,55+/m1/s1. The molecule has 0 spiro atoms. The molecule has 0 saturated carbocycles. The molecule has 71 heavy (non-hydrogen) atoms. The third-order valence-corrected chi connectivity index (χ3v) is 13.4. The Balaban J connectivity index is 1.01. The van der Waals surface area contributed by atoms with Crippen molar-refractivity contribution in [1.82, 2.24) is 9.80 Å². The Morgan fingerprint density at radius 1 is 0.577 bits per heavy atom. The smallest absolute Gasteiger partial charge is 0.411 e. The minimum absolute atomic E-state index is 0.0322.